The van der Waals surface area contributed by atoms with E-state index in [1.165, 1.54) is 0 Å². The summed E-state index contributed by atoms with van der Waals surface area (Å²) in [5, 5.41) is 11.6. The van der Waals surface area contributed by atoms with Crippen molar-refractivity contribution in [3.8, 4) is 6.07 Å². The molecule has 5 nitrogen and oxygen atoms in total. The molecule has 0 saturated carbocycles. The number of hydrogen-bond donors (Lipinski definition) is 1. The van der Waals surface area contributed by atoms with Crippen molar-refractivity contribution in [2.24, 2.45) is 0 Å². The van der Waals surface area contributed by atoms with Crippen LogP contribution in [0.1, 0.15) is 11.1 Å². The van der Waals surface area contributed by atoms with Crippen LogP contribution in [-0.2, 0) is 16.0 Å². The molecule has 0 bridgehead atoms. The molecule has 0 saturated heterocycles. The lowest BCUT2D eigenvalue weighted by Gasteiger charge is -2.16. The van der Waals surface area contributed by atoms with E-state index in [1.807, 2.05) is 19.2 Å². The number of carbonyl (C=O) groups excluding carboxylic acids is 1. The summed E-state index contributed by atoms with van der Waals surface area (Å²) in [5.41, 5.74) is 1.52. The minimum absolute atomic E-state index is 0.00477. The van der Waals surface area contributed by atoms with Gasteiger partial charge in [0.2, 0.25) is 5.91 Å². The molecule has 0 radical (unpaired) electrons. The van der Waals surface area contributed by atoms with Crippen molar-refractivity contribution < 1.29 is 9.53 Å². The topological polar surface area (TPSA) is 65.4 Å². The second kappa shape index (κ2) is 9.08. The van der Waals surface area contributed by atoms with Gasteiger partial charge in [-0.25, -0.2) is 0 Å². The van der Waals surface area contributed by atoms with E-state index in [0.29, 0.717) is 25.1 Å². The van der Waals surface area contributed by atoms with Crippen molar-refractivity contribution in [1.29, 1.82) is 5.26 Å². The Morgan fingerprint density at radius 1 is 1.35 bits per heavy atom. The van der Waals surface area contributed by atoms with E-state index in [1.54, 1.807) is 19.2 Å². The number of nitrogens with zero attached hydrogens (tertiary/aromatic N) is 2. The summed E-state index contributed by atoms with van der Waals surface area (Å²) < 4.78 is 4.99. The molecule has 0 spiro atoms. The van der Waals surface area contributed by atoms with Crippen LogP contribution in [-0.4, -0.2) is 51.2 Å². The van der Waals surface area contributed by atoms with E-state index in [4.69, 9.17) is 10.00 Å². The van der Waals surface area contributed by atoms with Crippen molar-refractivity contribution in [2.45, 2.75) is 6.42 Å². The fraction of sp³-hybridized carbons (Fsp3) is 0.467. The number of amides is 1. The summed E-state index contributed by atoms with van der Waals surface area (Å²) in [4.78, 5) is 13.8. The van der Waals surface area contributed by atoms with Crippen LogP contribution in [0.25, 0.3) is 0 Å². The largest absolute Gasteiger partial charge is 0.383 e. The van der Waals surface area contributed by atoms with Crippen LogP contribution in [0.2, 0.25) is 0 Å². The van der Waals surface area contributed by atoms with Gasteiger partial charge in [-0.15, -0.1) is 0 Å². The molecule has 0 aromatic heterocycles. The highest BCUT2D eigenvalue weighted by Gasteiger charge is 2.04. The van der Waals surface area contributed by atoms with Crippen molar-refractivity contribution in [3.63, 3.8) is 0 Å². The number of rotatable bonds is 8. The third kappa shape index (κ3) is 6.32. The monoisotopic (exact) mass is 275 g/mol. The molecule has 0 fully saturated rings. The van der Waals surface area contributed by atoms with Gasteiger partial charge in [-0.3, -0.25) is 4.79 Å². The number of nitriles is 1. The lowest BCUT2D eigenvalue weighted by molar-refractivity contribution is -0.120. The Bertz CT molecular complexity index is 451. The lowest BCUT2D eigenvalue weighted by Crippen LogP contribution is -2.35. The highest BCUT2D eigenvalue weighted by molar-refractivity contribution is 5.78. The van der Waals surface area contributed by atoms with Gasteiger partial charge < -0.3 is 15.0 Å². The second-order valence-electron chi connectivity index (χ2n) is 4.63. The molecule has 5 heteroatoms. The Balaban J connectivity index is 2.24. The minimum Gasteiger partial charge on any atom is -0.383 e. The molecule has 0 heterocycles. The third-order valence-electron chi connectivity index (χ3n) is 2.94. The van der Waals surface area contributed by atoms with Crippen molar-refractivity contribution in [2.75, 3.05) is 40.4 Å². The average molecular weight is 275 g/mol. The maximum absolute atomic E-state index is 11.7. The summed E-state index contributed by atoms with van der Waals surface area (Å²) in [6, 6.07) is 9.12. The second-order valence-corrected chi connectivity index (χ2v) is 4.63. The van der Waals surface area contributed by atoms with Crippen LogP contribution in [0.5, 0.6) is 0 Å². The predicted molar refractivity (Wildman–Crippen MR) is 77.2 cm³/mol. The van der Waals surface area contributed by atoms with E-state index < -0.39 is 0 Å². The maximum Gasteiger partial charge on any atom is 0.224 e. The number of methoxy groups -OCH3 is 1. The number of likely N-dealkylation sites (N-methyl/N-ethyl adjacent to an activating group) is 1. The molecule has 108 valence electrons. The molecule has 0 aliphatic rings. The Morgan fingerprint density at radius 2 is 2.05 bits per heavy atom. The Labute approximate surface area is 120 Å². The zero-order valence-corrected chi connectivity index (χ0v) is 12.1. The van der Waals surface area contributed by atoms with Crippen LogP contribution >= 0.6 is 0 Å². The van der Waals surface area contributed by atoms with E-state index in [2.05, 4.69) is 16.3 Å². The van der Waals surface area contributed by atoms with Gasteiger partial charge in [-0.1, -0.05) is 12.1 Å². The summed E-state index contributed by atoms with van der Waals surface area (Å²) in [6.07, 6.45) is 0.341. The molecular formula is C15H21N3O2. The van der Waals surface area contributed by atoms with Crippen molar-refractivity contribution in [1.82, 2.24) is 10.2 Å². The van der Waals surface area contributed by atoms with Crippen molar-refractivity contribution >= 4 is 5.91 Å². The summed E-state index contributed by atoms with van der Waals surface area (Å²) in [6.45, 7) is 2.95. The van der Waals surface area contributed by atoms with E-state index in [9.17, 15) is 4.79 Å². The van der Waals surface area contributed by atoms with Gasteiger partial charge in [0.1, 0.15) is 0 Å². The highest BCUT2D eigenvalue weighted by atomic mass is 16.5. The average Bonchev–Trinajstić information content (AvgIpc) is 2.46. The molecular weight excluding hydrogens is 254 g/mol. The molecule has 0 aliphatic carbocycles. The molecule has 0 aliphatic heterocycles. The summed E-state index contributed by atoms with van der Waals surface area (Å²) >= 11 is 0. The van der Waals surface area contributed by atoms with E-state index in [-0.39, 0.29) is 5.91 Å². The van der Waals surface area contributed by atoms with Gasteiger partial charge in [0, 0.05) is 26.7 Å². The molecule has 1 amide bonds. The first-order valence-corrected chi connectivity index (χ1v) is 6.59. The number of carbonyl (C=O) groups is 1. The maximum atomic E-state index is 11.7. The van der Waals surface area contributed by atoms with E-state index in [0.717, 1.165) is 18.7 Å². The Morgan fingerprint density at radius 3 is 2.65 bits per heavy atom. The molecule has 0 atom stereocenters. The Kier molecular flexibility index (Phi) is 7.33. The number of nitrogens with one attached hydrogen (secondary N) is 1. The van der Waals surface area contributed by atoms with Crippen LogP contribution in [0.4, 0.5) is 0 Å². The molecule has 20 heavy (non-hydrogen) atoms. The van der Waals surface area contributed by atoms with Gasteiger partial charge in [0.25, 0.3) is 0 Å². The number of ether oxygens (including phenoxy) is 1. The first-order chi connectivity index (χ1) is 9.65. The molecule has 1 aromatic carbocycles. The van der Waals surface area contributed by atoms with Gasteiger partial charge in [-0.05, 0) is 24.7 Å². The molecule has 1 rings (SSSR count). The van der Waals surface area contributed by atoms with Crippen LogP contribution in [0.3, 0.4) is 0 Å². The summed E-state index contributed by atoms with van der Waals surface area (Å²) in [5.74, 6) is -0.00477. The summed E-state index contributed by atoms with van der Waals surface area (Å²) in [7, 11) is 3.67. The van der Waals surface area contributed by atoms with Crippen LogP contribution in [0, 0.1) is 11.3 Å². The first-order valence-electron chi connectivity index (χ1n) is 6.59. The van der Waals surface area contributed by atoms with Crippen LogP contribution < -0.4 is 5.32 Å². The highest BCUT2D eigenvalue weighted by Crippen LogP contribution is 2.03. The number of benzene rings is 1. The third-order valence-corrected chi connectivity index (χ3v) is 2.94. The normalized spacial score (nSPS) is 10.3. The minimum atomic E-state index is -0.00477. The van der Waals surface area contributed by atoms with Crippen molar-refractivity contribution in [3.05, 3.63) is 35.4 Å². The molecule has 0 unspecified atom stereocenters. The van der Waals surface area contributed by atoms with Gasteiger partial charge in [0.15, 0.2) is 0 Å². The smallest absolute Gasteiger partial charge is 0.224 e. The fourth-order valence-corrected chi connectivity index (χ4v) is 1.69. The Hall–Kier alpha value is -1.90. The first kappa shape index (κ1) is 16.2. The lowest BCUT2D eigenvalue weighted by atomic mass is 10.1. The number of hydrogen-bond acceptors (Lipinski definition) is 4. The quantitative estimate of drug-likeness (QED) is 0.762. The predicted octanol–water partition coefficient (Wildman–Crippen LogP) is 0.795. The SMILES string of the molecule is COCCN(C)CCNC(=O)Cc1ccc(C#N)cc1. The fourth-order valence-electron chi connectivity index (χ4n) is 1.69. The van der Waals surface area contributed by atoms with Gasteiger partial charge in [0.05, 0.1) is 24.7 Å². The molecule has 1 aromatic rings. The van der Waals surface area contributed by atoms with Crippen LogP contribution in [0.15, 0.2) is 24.3 Å². The van der Waals surface area contributed by atoms with E-state index >= 15 is 0 Å². The zero-order chi connectivity index (χ0) is 14.8. The van der Waals surface area contributed by atoms with Gasteiger partial charge in [-0.2, -0.15) is 5.26 Å². The molecule has 1 N–H and O–H groups in total. The van der Waals surface area contributed by atoms with Gasteiger partial charge >= 0.3 is 0 Å². The standard InChI is InChI=1S/C15H21N3O2/c1-18(9-10-20-2)8-7-17-15(19)11-13-3-5-14(12-16)6-4-13/h3-6H,7-11H2,1-2H3,(H,17,19). The zero-order valence-electron chi connectivity index (χ0n) is 12.1.